The van der Waals surface area contributed by atoms with E-state index < -0.39 is 23.3 Å². The SMILES string of the molecule is COc1ccc(Nc2cc(F)nc(F)c2)nc1C(=O)NC1(C#N)CCCC1. The fourth-order valence-corrected chi connectivity index (χ4v) is 3.05. The molecule has 7 nitrogen and oxygen atoms in total. The lowest BCUT2D eigenvalue weighted by atomic mass is 9.99. The molecular formula is C18H17F2N5O2. The molecule has 1 aliphatic carbocycles. The largest absolute Gasteiger partial charge is 0.494 e. The normalized spacial score (nSPS) is 15.0. The monoisotopic (exact) mass is 373 g/mol. The van der Waals surface area contributed by atoms with Crippen molar-refractivity contribution in [3.8, 4) is 11.8 Å². The number of halogens is 2. The Bertz CT molecular complexity index is 887. The van der Waals surface area contributed by atoms with Crippen LogP contribution in [0.15, 0.2) is 24.3 Å². The summed E-state index contributed by atoms with van der Waals surface area (Å²) < 4.78 is 31.7. The summed E-state index contributed by atoms with van der Waals surface area (Å²) in [6, 6.07) is 7.18. The fraction of sp³-hybridized carbons (Fsp3) is 0.333. The molecule has 2 aromatic heterocycles. The maximum absolute atomic E-state index is 13.2. The lowest BCUT2D eigenvalue weighted by molar-refractivity contribution is 0.0912. The highest BCUT2D eigenvalue weighted by atomic mass is 19.1. The number of methoxy groups -OCH3 is 1. The number of anilines is 2. The van der Waals surface area contributed by atoms with Gasteiger partial charge in [0.1, 0.15) is 17.1 Å². The van der Waals surface area contributed by atoms with Gasteiger partial charge in [0.2, 0.25) is 11.9 Å². The zero-order valence-corrected chi connectivity index (χ0v) is 14.6. The zero-order valence-electron chi connectivity index (χ0n) is 14.6. The predicted molar refractivity (Wildman–Crippen MR) is 92.5 cm³/mol. The summed E-state index contributed by atoms with van der Waals surface area (Å²) in [5, 5.41) is 14.9. The molecule has 2 N–H and O–H groups in total. The van der Waals surface area contributed by atoms with Gasteiger partial charge in [0, 0.05) is 17.8 Å². The quantitative estimate of drug-likeness (QED) is 0.782. The first-order chi connectivity index (χ1) is 12.9. The lowest BCUT2D eigenvalue weighted by Crippen LogP contribution is -2.45. The third kappa shape index (κ3) is 4.11. The number of carbonyl (C=O) groups is 1. The van der Waals surface area contributed by atoms with Gasteiger partial charge in [-0.25, -0.2) is 4.98 Å². The first-order valence-electron chi connectivity index (χ1n) is 8.33. The zero-order chi connectivity index (χ0) is 19.4. The van der Waals surface area contributed by atoms with E-state index in [4.69, 9.17) is 4.74 Å². The molecule has 27 heavy (non-hydrogen) atoms. The number of nitriles is 1. The van der Waals surface area contributed by atoms with Crippen molar-refractivity contribution >= 4 is 17.4 Å². The van der Waals surface area contributed by atoms with Crippen LogP contribution in [0.3, 0.4) is 0 Å². The van der Waals surface area contributed by atoms with Crippen LogP contribution in [0.2, 0.25) is 0 Å². The highest BCUT2D eigenvalue weighted by molar-refractivity contribution is 5.96. The topological polar surface area (TPSA) is 99.9 Å². The molecule has 9 heteroatoms. The Hall–Kier alpha value is -3.28. The Labute approximate surface area is 154 Å². The summed E-state index contributed by atoms with van der Waals surface area (Å²) in [5.41, 5.74) is -0.850. The van der Waals surface area contributed by atoms with E-state index in [0.29, 0.717) is 12.8 Å². The summed E-state index contributed by atoms with van der Waals surface area (Å²) in [6.45, 7) is 0. The molecule has 1 fully saturated rings. The maximum atomic E-state index is 13.2. The number of aromatic nitrogens is 2. The average Bonchev–Trinajstić information content (AvgIpc) is 3.09. The van der Waals surface area contributed by atoms with E-state index in [1.54, 1.807) is 0 Å². The van der Waals surface area contributed by atoms with Gasteiger partial charge in [-0.05, 0) is 37.8 Å². The number of ether oxygens (including phenoxy) is 1. The summed E-state index contributed by atoms with van der Waals surface area (Å²) >= 11 is 0. The highest BCUT2D eigenvalue weighted by Crippen LogP contribution is 2.30. The first-order valence-corrected chi connectivity index (χ1v) is 8.33. The molecule has 1 saturated carbocycles. The molecule has 0 saturated heterocycles. The first kappa shape index (κ1) is 18.5. The molecule has 0 unspecified atom stereocenters. The molecule has 2 heterocycles. The van der Waals surface area contributed by atoms with Crippen molar-refractivity contribution in [3.05, 3.63) is 41.9 Å². The van der Waals surface area contributed by atoms with Crippen molar-refractivity contribution in [1.82, 2.24) is 15.3 Å². The van der Waals surface area contributed by atoms with E-state index in [1.807, 2.05) is 0 Å². The summed E-state index contributed by atoms with van der Waals surface area (Å²) in [7, 11) is 1.39. The summed E-state index contributed by atoms with van der Waals surface area (Å²) in [6.07, 6.45) is 2.87. The van der Waals surface area contributed by atoms with Crippen molar-refractivity contribution in [2.24, 2.45) is 0 Å². The summed E-state index contributed by atoms with van der Waals surface area (Å²) in [5.74, 6) is -2.12. The number of amides is 1. The number of nitrogens with one attached hydrogen (secondary N) is 2. The van der Waals surface area contributed by atoms with E-state index in [1.165, 1.54) is 19.2 Å². The van der Waals surface area contributed by atoms with Crippen molar-refractivity contribution in [2.45, 2.75) is 31.2 Å². The van der Waals surface area contributed by atoms with Crippen molar-refractivity contribution in [1.29, 1.82) is 5.26 Å². The van der Waals surface area contributed by atoms with Crippen LogP contribution in [-0.4, -0.2) is 28.5 Å². The van der Waals surface area contributed by atoms with Gasteiger partial charge >= 0.3 is 0 Å². The van der Waals surface area contributed by atoms with Gasteiger partial charge in [-0.15, -0.1) is 0 Å². The Morgan fingerprint density at radius 3 is 2.48 bits per heavy atom. The molecule has 0 aromatic carbocycles. The molecular weight excluding hydrogens is 356 g/mol. The minimum atomic E-state index is -0.985. The number of hydrogen-bond donors (Lipinski definition) is 2. The maximum Gasteiger partial charge on any atom is 0.275 e. The smallest absolute Gasteiger partial charge is 0.275 e. The van der Waals surface area contributed by atoms with E-state index >= 15 is 0 Å². The second-order valence-corrected chi connectivity index (χ2v) is 6.23. The van der Waals surface area contributed by atoms with Gasteiger partial charge in [-0.1, -0.05) is 0 Å². The molecule has 0 atom stereocenters. The second-order valence-electron chi connectivity index (χ2n) is 6.23. The van der Waals surface area contributed by atoms with E-state index in [0.717, 1.165) is 25.0 Å². The third-order valence-corrected chi connectivity index (χ3v) is 4.35. The summed E-state index contributed by atoms with van der Waals surface area (Å²) in [4.78, 5) is 19.9. The van der Waals surface area contributed by atoms with Gasteiger partial charge in [-0.3, -0.25) is 4.79 Å². The van der Waals surface area contributed by atoms with Crippen molar-refractivity contribution in [2.75, 3.05) is 12.4 Å². The van der Waals surface area contributed by atoms with Crippen LogP contribution < -0.4 is 15.4 Å². The van der Waals surface area contributed by atoms with Crippen molar-refractivity contribution < 1.29 is 18.3 Å². The van der Waals surface area contributed by atoms with Crippen molar-refractivity contribution in [3.63, 3.8) is 0 Å². The van der Waals surface area contributed by atoms with Crippen LogP contribution in [0.1, 0.15) is 36.2 Å². The Kier molecular flexibility index (Phi) is 5.16. The molecule has 140 valence electrons. The molecule has 0 radical (unpaired) electrons. The molecule has 1 amide bonds. The molecule has 0 bridgehead atoms. The van der Waals surface area contributed by atoms with E-state index in [2.05, 4.69) is 26.7 Å². The molecule has 1 aliphatic rings. The van der Waals surface area contributed by atoms with Gasteiger partial charge in [0.25, 0.3) is 5.91 Å². The Morgan fingerprint density at radius 2 is 1.89 bits per heavy atom. The number of carbonyl (C=O) groups excluding carboxylic acids is 1. The minimum absolute atomic E-state index is 0.0287. The van der Waals surface area contributed by atoms with Crippen LogP contribution in [0.5, 0.6) is 5.75 Å². The van der Waals surface area contributed by atoms with Crippen LogP contribution in [0, 0.1) is 23.2 Å². The molecule has 0 spiro atoms. The number of rotatable bonds is 5. The second kappa shape index (κ2) is 7.53. The highest BCUT2D eigenvalue weighted by Gasteiger charge is 2.36. The van der Waals surface area contributed by atoms with Gasteiger partial charge in [0.05, 0.1) is 13.2 Å². The number of hydrogen-bond acceptors (Lipinski definition) is 6. The van der Waals surface area contributed by atoms with Crippen LogP contribution in [-0.2, 0) is 0 Å². The molecule has 3 rings (SSSR count). The molecule has 2 aromatic rings. The predicted octanol–water partition coefficient (Wildman–Crippen LogP) is 3.07. The Morgan fingerprint density at radius 1 is 1.22 bits per heavy atom. The lowest BCUT2D eigenvalue weighted by Gasteiger charge is -2.22. The van der Waals surface area contributed by atoms with Gasteiger partial charge < -0.3 is 15.4 Å². The van der Waals surface area contributed by atoms with E-state index in [9.17, 15) is 18.8 Å². The minimum Gasteiger partial charge on any atom is -0.494 e. The number of nitrogens with zero attached hydrogens (tertiary/aromatic N) is 3. The molecule has 0 aliphatic heterocycles. The van der Waals surface area contributed by atoms with E-state index in [-0.39, 0.29) is 22.9 Å². The standard InChI is InChI=1S/C18H17F2N5O2/c1-27-12-4-5-15(22-11-8-13(19)23-14(20)9-11)24-16(12)17(26)25-18(10-21)6-2-3-7-18/h4-5,8-9H,2-3,6-7H2,1H3,(H,25,26)(H,22,23,24). The fourth-order valence-electron chi connectivity index (χ4n) is 3.05. The van der Waals surface area contributed by atoms with Gasteiger partial charge in [0.15, 0.2) is 5.69 Å². The number of pyridine rings is 2. The van der Waals surface area contributed by atoms with Crippen LogP contribution in [0.4, 0.5) is 20.3 Å². The van der Waals surface area contributed by atoms with Crippen LogP contribution >= 0.6 is 0 Å². The third-order valence-electron chi connectivity index (χ3n) is 4.35. The van der Waals surface area contributed by atoms with Crippen LogP contribution in [0.25, 0.3) is 0 Å². The van der Waals surface area contributed by atoms with Gasteiger partial charge in [-0.2, -0.15) is 19.0 Å². The average molecular weight is 373 g/mol. The Balaban J connectivity index is 1.87.